The van der Waals surface area contributed by atoms with Gasteiger partial charge in [0.15, 0.2) is 11.4 Å². The van der Waals surface area contributed by atoms with E-state index in [0.29, 0.717) is 5.57 Å². The van der Waals surface area contributed by atoms with Gasteiger partial charge in [-0.2, -0.15) is 0 Å². The lowest BCUT2D eigenvalue weighted by molar-refractivity contribution is -0.247. The molecule has 1 heterocycles. The Hall–Kier alpha value is -1.13. The minimum absolute atomic E-state index is 0.0565. The minimum atomic E-state index is -2.41. The Balaban J connectivity index is 1.97. The molecule has 0 aromatic carbocycles. The van der Waals surface area contributed by atoms with Crippen LogP contribution in [0.15, 0.2) is 23.8 Å². The highest BCUT2D eigenvalue weighted by molar-refractivity contribution is 6.05. The molecule has 156 valence electrons. The number of carbonyl (C=O) groups excluding carboxylic acids is 1. The molecule has 3 fully saturated rings. The van der Waals surface area contributed by atoms with Gasteiger partial charge < -0.3 is 35.4 Å². The van der Waals surface area contributed by atoms with E-state index in [-0.39, 0.29) is 12.0 Å². The summed E-state index contributed by atoms with van der Waals surface area (Å²) < 4.78 is 5.59. The number of ketones is 1. The number of carbonyl (C=O) groups is 1. The lowest BCUT2D eigenvalue weighted by atomic mass is 9.54. The summed E-state index contributed by atoms with van der Waals surface area (Å²) in [7, 11) is 0. The largest absolute Gasteiger partial charge is 0.393 e. The van der Waals surface area contributed by atoms with Crippen molar-refractivity contribution >= 4 is 5.78 Å². The van der Waals surface area contributed by atoms with E-state index >= 15 is 0 Å². The topological polar surface area (TPSA) is 151 Å². The first-order chi connectivity index (χ1) is 12.8. The fourth-order valence-electron chi connectivity index (χ4n) is 6.05. The third-order valence-corrected chi connectivity index (χ3v) is 7.84. The zero-order valence-corrected chi connectivity index (χ0v) is 16.2. The molecule has 8 nitrogen and oxygen atoms in total. The monoisotopic (exact) mass is 396 g/mol. The Labute approximate surface area is 162 Å². The van der Waals surface area contributed by atoms with E-state index in [2.05, 4.69) is 6.58 Å². The van der Waals surface area contributed by atoms with Gasteiger partial charge >= 0.3 is 0 Å². The molecule has 6 N–H and O–H groups in total. The summed E-state index contributed by atoms with van der Waals surface area (Å²) in [5, 5.41) is 66.5. The zero-order chi connectivity index (χ0) is 21.0. The molecule has 0 unspecified atom stereocenters. The minimum Gasteiger partial charge on any atom is -0.393 e. The molecule has 0 aromatic rings. The number of ether oxygens (including phenoxy) is 1. The number of epoxide rings is 1. The van der Waals surface area contributed by atoms with Crippen LogP contribution in [0.2, 0.25) is 0 Å². The van der Waals surface area contributed by atoms with E-state index in [4.69, 9.17) is 4.74 Å². The van der Waals surface area contributed by atoms with Crippen LogP contribution in [0.4, 0.5) is 0 Å². The average molecular weight is 396 g/mol. The summed E-state index contributed by atoms with van der Waals surface area (Å²) in [4.78, 5) is 12.8. The molecule has 3 aliphatic carbocycles. The number of Topliss-reactive ketones (excluding diaryl/α,β-unsaturated/α-hetero) is 1. The fraction of sp³-hybridized carbons (Fsp3) is 0.750. The molecule has 28 heavy (non-hydrogen) atoms. The molecular weight excluding hydrogens is 368 g/mol. The van der Waals surface area contributed by atoms with Crippen molar-refractivity contribution in [2.45, 2.75) is 67.9 Å². The van der Waals surface area contributed by atoms with Crippen molar-refractivity contribution in [2.75, 3.05) is 6.61 Å². The van der Waals surface area contributed by atoms with Crippen molar-refractivity contribution in [1.82, 2.24) is 0 Å². The van der Waals surface area contributed by atoms with Crippen LogP contribution < -0.4 is 0 Å². The maximum Gasteiger partial charge on any atom is 0.193 e. The Bertz CT molecular complexity index is 793. The molecule has 2 saturated carbocycles. The van der Waals surface area contributed by atoms with Crippen LogP contribution in [0.25, 0.3) is 0 Å². The second kappa shape index (κ2) is 5.51. The van der Waals surface area contributed by atoms with Crippen LogP contribution >= 0.6 is 0 Å². The molecule has 4 rings (SSSR count). The lowest BCUT2D eigenvalue weighted by Gasteiger charge is -2.56. The van der Waals surface area contributed by atoms with Gasteiger partial charge in [-0.15, -0.1) is 0 Å². The molecule has 8 heteroatoms. The smallest absolute Gasteiger partial charge is 0.193 e. The quantitative estimate of drug-likeness (QED) is 0.242. The molecule has 1 saturated heterocycles. The summed E-state index contributed by atoms with van der Waals surface area (Å²) in [6.07, 6.45) is -3.05. The second-order valence-corrected chi connectivity index (χ2v) is 9.20. The number of aliphatic hydroxyl groups excluding tert-OH is 3. The summed E-state index contributed by atoms with van der Waals surface area (Å²) in [6.45, 7) is 7.74. The van der Waals surface area contributed by atoms with Crippen molar-refractivity contribution in [3.05, 3.63) is 23.8 Å². The van der Waals surface area contributed by atoms with Crippen molar-refractivity contribution in [3.8, 4) is 0 Å². The molecule has 0 aromatic heterocycles. The molecule has 0 radical (unpaired) electrons. The Kier molecular flexibility index (Phi) is 3.97. The molecule has 10 atom stereocenters. The first-order valence-corrected chi connectivity index (χ1v) is 9.54. The average Bonchev–Trinajstić information content (AvgIpc) is 3.32. The Morgan fingerprint density at radius 3 is 2.46 bits per heavy atom. The Morgan fingerprint density at radius 2 is 1.93 bits per heavy atom. The van der Waals surface area contributed by atoms with Gasteiger partial charge in [0.1, 0.15) is 23.4 Å². The van der Waals surface area contributed by atoms with Gasteiger partial charge in [0.2, 0.25) is 0 Å². The maximum atomic E-state index is 12.8. The van der Waals surface area contributed by atoms with Gasteiger partial charge in [-0.3, -0.25) is 4.79 Å². The van der Waals surface area contributed by atoms with E-state index in [9.17, 15) is 35.4 Å². The molecule has 0 bridgehead atoms. The molecule has 1 aliphatic heterocycles. The Morgan fingerprint density at radius 1 is 1.32 bits per heavy atom. The summed E-state index contributed by atoms with van der Waals surface area (Å²) in [5.74, 6) is -3.84. The molecule has 0 spiro atoms. The van der Waals surface area contributed by atoms with E-state index in [1.54, 1.807) is 13.8 Å². The SMILES string of the molecule is C=C(C)[C@]1(O)C[C@@H](C)[C@@]2(O)[C@H]([C@H]1O)[C@@H]1O[C@]1(CO)[C@@H](O)[C@]1(O)C(=O)C(C)=C[C@H]12. The van der Waals surface area contributed by atoms with Gasteiger partial charge in [0.05, 0.1) is 18.3 Å². The summed E-state index contributed by atoms with van der Waals surface area (Å²) in [6, 6.07) is 0. The van der Waals surface area contributed by atoms with Crippen molar-refractivity contribution in [1.29, 1.82) is 0 Å². The second-order valence-electron chi connectivity index (χ2n) is 9.20. The van der Waals surface area contributed by atoms with Gasteiger partial charge in [0.25, 0.3) is 0 Å². The van der Waals surface area contributed by atoms with E-state index in [1.165, 1.54) is 13.0 Å². The van der Waals surface area contributed by atoms with E-state index in [0.717, 1.165) is 0 Å². The van der Waals surface area contributed by atoms with Crippen molar-refractivity contribution < 1.29 is 40.2 Å². The highest BCUT2D eigenvalue weighted by Crippen LogP contribution is 2.65. The van der Waals surface area contributed by atoms with Crippen LogP contribution in [0.1, 0.15) is 27.2 Å². The first kappa shape index (κ1) is 20.2. The highest BCUT2D eigenvalue weighted by atomic mass is 16.6. The zero-order valence-electron chi connectivity index (χ0n) is 16.2. The third kappa shape index (κ3) is 1.92. The van der Waals surface area contributed by atoms with Crippen molar-refractivity contribution in [3.63, 3.8) is 0 Å². The van der Waals surface area contributed by atoms with Gasteiger partial charge in [0, 0.05) is 11.8 Å². The summed E-state index contributed by atoms with van der Waals surface area (Å²) >= 11 is 0. The predicted octanol–water partition coefficient (Wildman–Crippen LogP) is -1.58. The predicted molar refractivity (Wildman–Crippen MR) is 95.9 cm³/mol. The lowest BCUT2D eigenvalue weighted by Crippen LogP contribution is -2.70. The number of rotatable bonds is 2. The first-order valence-electron chi connectivity index (χ1n) is 9.54. The van der Waals surface area contributed by atoms with Crippen LogP contribution in [-0.2, 0) is 9.53 Å². The summed E-state index contributed by atoms with van der Waals surface area (Å²) in [5.41, 5.74) is -7.24. The van der Waals surface area contributed by atoms with Gasteiger partial charge in [-0.05, 0) is 37.3 Å². The van der Waals surface area contributed by atoms with Crippen LogP contribution in [0, 0.1) is 17.8 Å². The highest BCUT2D eigenvalue weighted by Gasteiger charge is 2.82. The normalized spacial score (nSPS) is 57.6. The molecular formula is C20H28O8. The number of aliphatic hydroxyl groups is 6. The van der Waals surface area contributed by atoms with E-state index < -0.39 is 70.9 Å². The molecule has 4 aliphatic rings. The van der Waals surface area contributed by atoms with E-state index in [1.807, 2.05) is 0 Å². The maximum absolute atomic E-state index is 12.8. The van der Waals surface area contributed by atoms with Gasteiger partial charge in [-0.1, -0.05) is 19.6 Å². The standard InChI is InChI=1S/C20H28O8/c1-8(2)17(25)6-10(4)19(26)11-5-9(3)13(22)20(11,27)16(24)18(7-21)15(28-18)12(19)14(17)23/h5,10-12,14-16,21,23-27H,1,6-7H2,2-4H3/t10-,11+,12-,14-,15+,16-,17-,18+,19+,20-/m1/s1. The number of hydrogen-bond acceptors (Lipinski definition) is 8. The number of hydrogen-bond donors (Lipinski definition) is 6. The van der Waals surface area contributed by atoms with Crippen molar-refractivity contribution in [2.24, 2.45) is 17.8 Å². The molecule has 0 amide bonds. The fourth-order valence-corrected chi connectivity index (χ4v) is 6.05. The third-order valence-electron chi connectivity index (χ3n) is 7.84. The van der Waals surface area contributed by atoms with Gasteiger partial charge in [-0.25, -0.2) is 0 Å². The van der Waals surface area contributed by atoms with Crippen LogP contribution in [0.5, 0.6) is 0 Å². The number of fused-ring (bicyclic) bond motifs is 5. The van der Waals surface area contributed by atoms with Crippen LogP contribution in [-0.4, -0.2) is 83.7 Å². The van der Waals surface area contributed by atoms with Crippen LogP contribution in [0.3, 0.4) is 0 Å².